The molecule has 2 saturated heterocycles. The molecule has 0 saturated carbocycles. The van der Waals surface area contributed by atoms with Crippen LogP contribution in [0.15, 0.2) is 58.1 Å². The van der Waals surface area contributed by atoms with Crippen molar-refractivity contribution in [2.45, 2.75) is 19.0 Å². The monoisotopic (exact) mass is 437 g/mol. The first-order chi connectivity index (χ1) is 13.5. The highest BCUT2D eigenvalue weighted by Gasteiger charge is 2.64. The highest BCUT2D eigenvalue weighted by molar-refractivity contribution is 9.10. The van der Waals surface area contributed by atoms with E-state index in [2.05, 4.69) is 21.0 Å². The van der Waals surface area contributed by atoms with E-state index in [1.807, 2.05) is 24.3 Å². The summed E-state index contributed by atoms with van der Waals surface area (Å²) in [4.78, 5) is 40.5. The first-order valence-electron chi connectivity index (χ1n) is 9.04. The summed E-state index contributed by atoms with van der Waals surface area (Å²) in [5.41, 5.74) is 2.36. The summed E-state index contributed by atoms with van der Waals surface area (Å²) >= 11 is 3.37. The second-order valence-corrected chi connectivity index (χ2v) is 8.21. The third-order valence-corrected chi connectivity index (χ3v) is 6.32. The Morgan fingerprint density at radius 2 is 1.68 bits per heavy atom. The van der Waals surface area contributed by atoms with Gasteiger partial charge in [-0.15, -0.1) is 0 Å². The smallest absolute Gasteiger partial charge is 0.240 e. The fraction of sp³-hybridized carbons (Fsp3) is 0.238. The van der Waals surface area contributed by atoms with Crippen molar-refractivity contribution in [3.8, 4) is 0 Å². The summed E-state index contributed by atoms with van der Waals surface area (Å²) in [5.74, 6) is -2.14. The first-order valence-corrected chi connectivity index (χ1v) is 9.83. The first kappa shape index (κ1) is 17.3. The van der Waals surface area contributed by atoms with E-state index in [0.717, 1.165) is 15.6 Å². The van der Waals surface area contributed by atoms with Gasteiger partial charge in [0.1, 0.15) is 6.04 Å². The van der Waals surface area contributed by atoms with Gasteiger partial charge in [0.2, 0.25) is 11.8 Å². The lowest BCUT2D eigenvalue weighted by molar-refractivity contribution is -0.129. The van der Waals surface area contributed by atoms with Crippen molar-refractivity contribution in [3.63, 3.8) is 0 Å². The van der Waals surface area contributed by atoms with Gasteiger partial charge < -0.3 is 0 Å². The van der Waals surface area contributed by atoms with Crippen molar-refractivity contribution in [2.75, 3.05) is 4.90 Å². The Labute approximate surface area is 169 Å². The molecule has 0 radical (unpaired) electrons. The molecule has 2 aromatic carbocycles. The minimum atomic E-state index is -0.739. The molecule has 0 bridgehead atoms. The number of carbonyl (C=O) groups excluding carboxylic acids is 3. The normalized spacial score (nSPS) is 27.6. The summed E-state index contributed by atoms with van der Waals surface area (Å²) in [6.07, 6.45) is 1.70. The van der Waals surface area contributed by atoms with Gasteiger partial charge in [-0.1, -0.05) is 40.2 Å². The molecule has 0 aromatic heterocycles. The van der Waals surface area contributed by atoms with Crippen molar-refractivity contribution in [1.82, 2.24) is 5.01 Å². The van der Waals surface area contributed by atoms with E-state index in [1.165, 1.54) is 11.8 Å². The molecule has 5 rings (SSSR count). The van der Waals surface area contributed by atoms with Gasteiger partial charge in [0, 0.05) is 4.47 Å². The van der Waals surface area contributed by atoms with Gasteiger partial charge in [-0.2, -0.15) is 5.10 Å². The number of carbonyl (C=O) groups is 3. The van der Waals surface area contributed by atoms with E-state index in [9.17, 15) is 14.4 Å². The molecule has 3 heterocycles. The molecular formula is C21H16BrN3O3. The van der Waals surface area contributed by atoms with Gasteiger partial charge in [0.05, 0.1) is 29.8 Å². The number of amides is 2. The molecule has 3 aliphatic heterocycles. The number of ketones is 1. The van der Waals surface area contributed by atoms with Crippen LogP contribution in [0.25, 0.3) is 0 Å². The van der Waals surface area contributed by atoms with Gasteiger partial charge in [-0.3, -0.25) is 19.4 Å². The third kappa shape index (κ3) is 2.26. The van der Waals surface area contributed by atoms with Crippen LogP contribution in [0.4, 0.5) is 5.69 Å². The summed E-state index contributed by atoms with van der Waals surface area (Å²) in [7, 11) is 0. The van der Waals surface area contributed by atoms with Gasteiger partial charge in [0.15, 0.2) is 5.78 Å². The highest BCUT2D eigenvalue weighted by Crippen LogP contribution is 2.52. The number of nitrogens with zero attached hydrogens (tertiary/aromatic N) is 3. The lowest BCUT2D eigenvalue weighted by atomic mass is 9.84. The molecule has 2 amide bonds. The molecule has 0 unspecified atom stereocenters. The lowest BCUT2D eigenvalue weighted by Crippen LogP contribution is -2.43. The van der Waals surface area contributed by atoms with E-state index < -0.39 is 23.9 Å². The maximum Gasteiger partial charge on any atom is 0.240 e. The molecule has 6 nitrogen and oxygen atoms in total. The zero-order valence-electron chi connectivity index (χ0n) is 14.9. The standard InChI is InChI=1S/C21H16BrN3O3/c1-11(26)18-16-17(19-15-5-3-2-4-12(15)10-23-25(18)19)21(28)24(20(16)27)14-8-6-13(22)7-9-14/h2-10,16-19H,1H3/t16-,17+,18-,19+/m0/s1. The summed E-state index contributed by atoms with van der Waals surface area (Å²) in [5, 5.41) is 6.12. The van der Waals surface area contributed by atoms with E-state index in [4.69, 9.17) is 0 Å². The van der Waals surface area contributed by atoms with E-state index in [1.54, 1.807) is 35.5 Å². The number of anilines is 1. The SMILES string of the molecule is CC(=O)[C@H]1[C@H]2C(=O)N(c3ccc(Br)cc3)C(=O)[C@H]2[C@H]2c3ccccc3C=NN21. The molecule has 7 heteroatoms. The Morgan fingerprint density at radius 1 is 1.00 bits per heavy atom. The molecule has 2 aromatic rings. The second-order valence-electron chi connectivity index (χ2n) is 7.29. The molecule has 0 N–H and O–H groups in total. The Kier molecular flexibility index (Phi) is 3.77. The number of Topliss-reactive ketones (excluding diaryl/α,β-unsaturated/α-hetero) is 1. The van der Waals surface area contributed by atoms with Crippen LogP contribution in [-0.4, -0.2) is 34.9 Å². The zero-order valence-corrected chi connectivity index (χ0v) is 16.5. The largest absolute Gasteiger partial charge is 0.298 e. The second kappa shape index (κ2) is 6.10. The minimum Gasteiger partial charge on any atom is -0.298 e. The van der Waals surface area contributed by atoms with Crippen LogP contribution in [0.5, 0.6) is 0 Å². The molecule has 28 heavy (non-hydrogen) atoms. The number of hydrogen-bond acceptors (Lipinski definition) is 5. The van der Waals surface area contributed by atoms with E-state index in [-0.39, 0.29) is 17.6 Å². The number of halogens is 1. The highest BCUT2D eigenvalue weighted by atomic mass is 79.9. The molecule has 0 aliphatic carbocycles. The van der Waals surface area contributed by atoms with Gasteiger partial charge in [0.25, 0.3) is 0 Å². The van der Waals surface area contributed by atoms with Crippen molar-refractivity contribution < 1.29 is 14.4 Å². The van der Waals surface area contributed by atoms with E-state index in [0.29, 0.717) is 5.69 Å². The Morgan fingerprint density at radius 3 is 2.39 bits per heavy atom. The van der Waals surface area contributed by atoms with Crippen LogP contribution in [0.2, 0.25) is 0 Å². The summed E-state index contributed by atoms with van der Waals surface area (Å²) in [6, 6.07) is 13.6. The molecule has 4 atom stereocenters. The number of hydrazone groups is 1. The molecule has 2 fully saturated rings. The van der Waals surface area contributed by atoms with Crippen molar-refractivity contribution in [3.05, 3.63) is 64.1 Å². The van der Waals surface area contributed by atoms with Gasteiger partial charge >= 0.3 is 0 Å². The summed E-state index contributed by atoms with van der Waals surface area (Å²) in [6.45, 7) is 1.46. The number of fused-ring (bicyclic) bond motifs is 5. The molecule has 3 aliphatic rings. The maximum atomic E-state index is 13.4. The van der Waals surface area contributed by atoms with Crippen molar-refractivity contribution in [2.24, 2.45) is 16.9 Å². The quantitative estimate of drug-likeness (QED) is 0.677. The summed E-state index contributed by atoms with van der Waals surface area (Å²) < 4.78 is 0.860. The minimum absolute atomic E-state index is 0.159. The fourth-order valence-electron chi connectivity index (χ4n) is 4.67. The predicted molar refractivity (Wildman–Crippen MR) is 107 cm³/mol. The molecular weight excluding hydrogens is 422 g/mol. The van der Waals surface area contributed by atoms with Crippen LogP contribution < -0.4 is 4.90 Å². The maximum absolute atomic E-state index is 13.4. The van der Waals surface area contributed by atoms with Crippen LogP contribution >= 0.6 is 15.9 Å². The predicted octanol–water partition coefficient (Wildman–Crippen LogP) is 2.92. The average Bonchev–Trinajstić information content (AvgIpc) is 3.16. The topological polar surface area (TPSA) is 70.0 Å². The van der Waals surface area contributed by atoms with Crippen LogP contribution in [-0.2, 0) is 14.4 Å². The van der Waals surface area contributed by atoms with Crippen molar-refractivity contribution >= 4 is 45.4 Å². The number of benzene rings is 2. The zero-order chi connectivity index (χ0) is 19.6. The van der Waals surface area contributed by atoms with Crippen molar-refractivity contribution in [1.29, 1.82) is 0 Å². The van der Waals surface area contributed by atoms with Crippen LogP contribution in [0.1, 0.15) is 24.1 Å². The van der Waals surface area contributed by atoms with E-state index >= 15 is 0 Å². The van der Waals surface area contributed by atoms with Crippen LogP contribution in [0.3, 0.4) is 0 Å². The average molecular weight is 438 g/mol. The number of rotatable bonds is 2. The molecule has 140 valence electrons. The molecule has 0 spiro atoms. The number of hydrogen-bond donors (Lipinski definition) is 0. The Balaban J connectivity index is 1.65. The van der Waals surface area contributed by atoms with Gasteiger partial charge in [-0.25, -0.2) is 4.90 Å². The Bertz CT molecular complexity index is 1050. The van der Waals surface area contributed by atoms with Gasteiger partial charge in [-0.05, 0) is 42.3 Å². The van der Waals surface area contributed by atoms with Crippen LogP contribution in [0, 0.1) is 11.8 Å². The lowest BCUT2D eigenvalue weighted by Gasteiger charge is -2.33. The Hall–Kier alpha value is -2.80. The number of imide groups is 1. The third-order valence-electron chi connectivity index (χ3n) is 5.79. The fourth-order valence-corrected chi connectivity index (χ4v) is 4.93.